The quantitative estimate of drug-likeness (QED) is 0.632. The predicted molar refractivity (Wildman–Crippen MR) is 67.7 cm³/mol. The van der Waals surface area contributed by atoms with Crippen molar-refractivity contribution >= 4 is 11.8 Å². The van der Waals surface area contributed by atoms with Gasteiger partial charge in [0.1, 0.15) is 0 Å². The lowest BCUT2D eigenvalue weighted by Gasteiger charge is -2.26. The van der Waals surface area contributed by atoms with Crippen LogP contribution in [0.25, 0.3) is 0 Å². The highest BCUT2D eigenvalue weighted by Crippen LogP contribution is 1.99. The van der Waals surface area contributed by atoms with Gasteiger partial charge in [-0.1, -0.05) is 6.92 Å². The molecule has 0 unspecified atom stereocenters. The van der Waals surface area contributed by atoms with Crippen molar-refractivity contribution in [1.82, 2.24) is 10.2 Å². The number of nitrogens with one attached hydrogen (secondary N) is 1. The van der Waals surface area contributed by atoms with Gasteiger partial charge in [0.2, 0.25) is 0 Å². The molecule has 0 aromatic carbocycles. The first-order valence-corrected chi connectivity index (χ1v) is 7.17. The summed E-state index contributed by atoms with van der Waals surface area (Å²) in [5, 5.41) is 3.50. The third-order valence-electron chi connectivity index (χ3n) is 2.55. The number of morpholine rings is 1. The fraction of sp³-hybridized carbons (Fsp3) is 1.00. The third-order valence-corrected chi connectivity index (χ3v) is 3.54. The second-order valence-electron chi connectivity index (χ2n) is 3.75. The molecular formula is C11H24N2OS. The van der Waals surface area contributed by atoms with Crippen LogP contribution < -0.4 is 5.32 Å². The Balaban J connectivity index is 1.79. The summed E-state index contributed by atoms with van der Waals surface area (Å²) >= 11 is 2.03. The lowest BCUT2D eigenvalue weighted by Crippen LogP contribution is -2.40. The molecule has 0 spiro atoms. The van der Waals surface area contributed by atoms with Gasteiger partial charge in [-0.15, -0.1) is 0 Å². The van der Waals surface area contributed by atoms with E-state index in [-0.39, 0.29) is 0 Å². The number of nitrogens with zero attached hydrogens (tertiary/aromatic N) is 1. The van der Waals surface area contributed by atoms with Crippen LogP contribution in [-0.2, 0) is 4.74 Å². The highest BCUT2D eigenvalue weighted by Gasteiger charge is 2.08. The largest absolute Gasteiger partial charge is 0.379 e. The smallest absolute Gasteiger partial charge is 0.0594 e. The SMILES string of the molecule is CCSCCCNCCN1CCOCC1. The van der Waals surface area contributed by atoms with E-state index in [4.69, 9.17) is 4.74 Å². The Morgan fingerprint density at radius 2 is 2.07 bits per heavy atom. The Hall–Kier alpha value is 0.230. The normalized spacial score (nSPS) is 18.2. The molecule has 4 heteroatoms. The van der Waals surface area contributed by atoms with Gasteiger partial charge in [0.15, 0.2) is 0 Å². The Kier molecular flexibility index (Phi) is 8.38. The van der Waals surface area contributed by atoms with E-state index in [9.17, 15) is 0 Å². The molecule has 0 radical (unpaired) electrons. The van der Waals surface area contributed by atoms with Gasteiger partial charge >= 0.3 is 0 Å². The lowest BCUT2D eigenvalue weighted by atomic mass is 10.4. The molecule has 0 aliphatic carbocycles. The van der Waals surface area contributed by atoms with Crippen molar-refractivity contribution in [3.05, 3.63) is 0 Å². The summed E-state index contributed by atoms with van der Waals surface area (Å²) in [6.45, 7) is 9.70. The van der Waals surface area contributed by atoms with Crippen molar-refractivity contribution in [3.63, 3.8) is 0 Å². The molecule has 0 aromatic heterocycles. The van der Waals surface area contributed by atoms with E-state index in [1.807, 2.05) is 11.8 Å². The molecule has 0 aromatic rings. The van der Waals surface area contributed by atoms with Crippen molar-refractivity contribution in [3.8, 4) is 0 Å². The van der Waals surface area contributed by atoms with Crippen LogP contribution in [0.3, 0.4) is 0 Å². The monoisotopic (exact) mass is 232 g/mol. The van der Waals surface area contributed by atoms with E-state index in [0.717, 1.165) is 39.4 Å². The maximum absolute atomic E-state index is 5.31. The molecule has 1 rings (SSSR count). The fourth-order valence-corrected chi connectivity index (χ4v) is 2.27. The molecule has 1 aliphatic heterocycles. The molecule has 1 fully saturated rings. The Morgan fingerprint density at radius 1 is 1.27 bits per heavy atom. The van der Waals surface area contributed by atoms with Gasteiger partial charge in [0, 0.05) is 26.2 Å². The van der Waals surface area contributed by atoms with Crippen LogP contribution in [0.2, 0.25) is 0 Å². The number of hydrogen-bond acceptors (Lipinski definition) is 4. The molecule has 1 aliphatic rings. The highest BCUT2D eigenvalue weighted by atomic mass is 32.2. The molecule has 0 atom stereocenters. The van der Waals surface area contributed by atoms with Gasteiger partial charge in [-0.3, -0.25) is 4.90 Å². The second kappa shape index (κ2) is 9.46. The van der Waals surface area contributed by atoms with Crippen LogP contribution in [0.4, 0.5) is 0 Å². The lowest BCUT2D eigenvalue weighted by molar-refractivity contribution is 0.0384. The second-order valence-corrected chi connectivity index (χ2v) is 5.15. The molecule has 0 bridgehead atoms. The van der Waals surface area contributed by atoms with Crippen molar-refractivity contribution in [2.45, 2.75) is 13.3 Å². The van der Waals surface area contributed by atoms with Crippen molar-refractivity contribution in [2.75, 3.05) is 57.4 Å². The third kappa shape index (κ3) is 7.17. The van der Waals surface area contributed by atoms with E-state index in [0.29, 0.717) is 0 Å². The summed E-state index contributed by atoms with van der Waals surface area (Å²) in [7, 11) is 0. The summed E-state index contributed by atoms with van der Waals surface area (Å²) in [5.41, 5.74) is 0. The average Bonchev–Trinajstić information content (AvgIpc) is 2.29. The molecule has 3 nitrogen and oxygen atoms in total. The molecule has 1 heterocycles. The molecule has 0 amide bonds. The van der Waals surface area contributed by atoms with Crippen LogP contribution in [-0.4, -0.2) is 62.3 Å². The van der Waals surface area contributed by atoms with Gasteiger partial charge in [0.25, 0.3) is 0 Å². The maximum atomic E-state index is 5.31. The summed E-state index contributed by atoms with van der Waals surface area (Å²) in [5.74, 6) is 2.54. The van der Waals surface area contributed by atoms with Crippen LogP contribution in [0.15, 0.2) is 0 Å². The molecule has 15 heavy (non-hydrogen) atoms. The van der Waals surface area contributed by atoms with E-state index in [1.165, 1.54) is 24.5 Å². The average molecular weight is 232 g/mol. The Morgan fingerprint density at radius 3 is 2.80 bits per heavy atom. The van der Waals surface area contributed by atoms with Gasteiger partial charge in [-0.2, -0.15) is 11.8 Å². The summed E-state index contributed by atoms with van der Waals surface area (Å²) in [6, 6.07) is 0. The zero-order valence-corrected chi connectivity index (χ0v) is 10.7. The molecule has 1 saturated heterocycles. The predicted octanol–water partition coefficient (Wildman–Crippen LogP) is 1.05. The van der Waals surface area contributed by atoms with Crippen LogP contribution in [0, 0.1) is 0 Å². The summed E-state index contributed by atoms with van der Waals surface area (Å²) < 4.78 is 5.31. The number of thioether (sulfide) groups is 1. The minimum Gasteiger partial charge on any atom is -0.379 e. The summed E-state index contributed by atoms with van der Waals surface area (Å²) in [4.78, 5) is 2.47. The Bertz CT molecular complexity index is 141. The highest BCUT2D eigenvalue weighted by molar-refractivity contribution is 7.99. The Labute approximate surface area is 97.9 Å². The van der Waals surface area contributed by atoms with E-state index in [1.54, 1.807) is 0 Å². The van der Waals surface area contributed by atoms with Gasteiger partial charge in [-0.25, -0.2) is 0 Å². The molecule has 1 N–H and O–H groups in total. The van der Waals surface area contributed by atoms with E-state index < -0.39 is 0 Å². The minimum absolute atomic E-state index is 0.910. The standard InChI is InChI=1S/C11H24N2OS/c1-2-15-11-3-4-12-5-6-13-7-9-14-10-8-13/h12H,2-11H2,1H3. The van der Waals surface area contributed by atoms with Crippen molar-refractivity contribution in [2.24, 2.45) is 0 Å². The number of hydrogen-bond donors (Lipinski definition) is 1. The van der Waals surface area contributed by atoms with Crippen LogP contribution in [0.1, 0.15) is 13.3 Å². The number of rotatable bonds is 8. The van der Waals surface area contributed by atoms with Gasteiger partial charge in [-0.05, 0) is 24.5 Å². The van der Waals surface area contributed by atoms with Crippen molar-refractivity contribution in [1.29, 1.82) is 0 Å². The number of ether oxygens (including phenoxy) is 1. The zero-order chi connectivity index (χ0) is 10.8. The molecule has 90 valence electrons. The summed E-state index contributed by atoms with van der Waals surface area (Å²) in [6.07, 6.45) is 1.29. The first-order valence-electron chi connectivity index (χ1n) is 6.02. The van der Waals surface area contributed by atoms with Crippen LogP contribution in [0.5, 0.6) is 0 Å². The minimum atomic E-state index is 0.910. The zero-order valence-electron chi connectivity index (χ0n) is 9.83. The van der Waals surface area contributed by atoms with E-state index in [2.05, 4.69) is 17.1 Å². The van der Waals surface area contributed by atoms with E-state index >= 15 is 0 Å². The fourth-order valence-electron chi connectivity index (χ4n) is 1.63. The van der Waals surface area contributed by atoms with Crippen molar-refractivity contribution < 1.29 is 4.74 Å². The molecular weight excluding hydrogens is 208 g/mol. The van der Waals surface area contributed by atoms with Crippen LogP contribution >= 0.6 is 11.8 Å². The topological polar surface area (TPSA) is 24.5 Å². The first kappa shape index (κ1) is 13.3. The first-order chi connectivity index (χ1) is 7.43. The van der Waals surface area contributed by atoms with Gasteiger partial charge in [0.05, 0.1) is 13.2 Å². The molecule has 0 saturated carbocycles. The van der Waals surface area contributed by atoms with Gasteiger partial charge < -0.3 is 10.1 Å². The maximum Gasteiger partial charge on any atom is 0.0594 e.